The SMILES string of the molecule is C1=CC2c3cc(-c4nc(C5=CC=C(C6=c7ccccc7=CCC6)CC5)c5c(n4)=CCCC=5)ccc3N(c3ccccc3)C2C=C1. The van der Waals surface area contributed by atoms with Gasteiger partial charge in [-0.25, -0.2) is 9.97 Å². The lowest BCUT2D eigenvalue weighted by Crippen LogP contribution is -2.35. The first kappa shape index (κ1) is 26.4. The Morgan fingerprint density at radius 1 is 0.689 bits per heavy atom. The molecule has 4 aromatic rings. The molecular weight excluding hydrogens is 546 g/mol. The van der Waals surface area contributed by atoms with Crippen molar-refractivity contribution in [2.75, 3.05) is 4.90 Å². The van der Waals surface area contributed by atoms with Crippen LogP contribution in [0.25, 0.3) is 40.8 Å². The molecule has 3 nitrogen and oxygen atoms in total. The quantitative estimate of drug-likeness (QED) is 0.267. The molecule has 0 radical (unpaired) electrons. The molecule has 9 rings (SSSR count). The zero-order chi connectivity index (χ0) is 29.7. The Hall–Kier alpha value is -5.02. The lowest BCUT2D eigenvalue weighted by molar-refractivity contribution is 0.745. The minimum Gasteiger partial charge on any atom is -0.333 e. The van der Waals surface area contributed by atoms with Crippen LogP contribution in [0.5, 0.6) is 0 Å². The molecule has 218 valence electrons. The molecule has 2 atom stereocenters. The number of para-hydroxylation sites is 1. The lowest BCUT2D eigenvalue weighted by atomic mass is 9.86. The molecule has 0 spiro atoms. The molecular formula is C42H35N3. The van der Waals surface area contributed by atoms with E-state index in [0.29, 0.717) is 5.92 Å². The van der Waals surface area contributed by atoms with Gasteiger partial charge in [0.1, 0.15) is 0 Å². The highest BCUT2D eigenvalue weighted by atomic mass is 15.2. The maximum atomic E-state index is 5.34. The summed E-state index contributed by atoms with van der Waals surface area (Å²) in [6.07, 6.45) is 27.1. The van der Waals surface area contributed by atoms with E-state index in [0.717, 1.165) is 61.0 Å². The lowest BCUT2D eigenvalue weighted by Gasteiger charge is -2.28. The summed E-state index contributed by atoms with van der Waals surface area (Å²) in [7, 11) is 0. The van der Waals surface area contributed by atoms with Crippen LogP contribution in [-0.2, 0) is 0 Å². The summed E-state index contributed by atoms with van der Waals surface area (Å²) in [4.78, 5) is 13.0. The minimum atomic E-state index is 0.269. The van der Waals surface area contributed by atoms with Gasteiger partial charge in [0.2, 0.25) is 0 Å². The molecule has 0 fully saturated rings. The molecule has 3 heteroatoms. The fraction of sp³-hybridized carbons (Fsp3) is 0.190. The van der Waals surface area contributed by atoms with Crippen molar-refractivity contribution in [3.63, 3.8) is 0 Å². The summed E-state index contributed by atoms with van der Waals surface area (Å²) >= 11 is 0. The van der Waals surface area contributed by atoms with Gasteiger partial charge < -0.3 is 4.90 Å². The van der Waals surface area contributed by atoms with E-state index in [1.165, 1.54) is 49.3 Å². The maximum absolute atomic E-state index is 5.34. The Labute approximate surface area is 264 Å². The molecule has 0 amide bonds. The molecule has 0 bridgehead atoms. The third-order valence-corrected chi connectivity index (χ3v) is 10.1. The van der Waals surface area contributed by atoms with E-state index in [9.17, 15) is 0 Å². The molecule has 2 heterocycles. The van der Waals surface area contributed by atoms with E-state index in [-0.39, 0.29) is 6.04 Å². The Kier molecular flexibility index (Phi) is 6.36. The molecule has 1 aromatic heterocycles. The smallest absolute Gasteiger partial charge is 0.160 e. The number of fused-ring (bicyclic) bond motifs is 5. The van der Waals surface area contributed by atoms with Gasteiger partial charge in [-0.1, -0.05) is 97.1 Å². The second kappa shape index (κ2) is 10.9. The van der Waals surface area contributed by atoms with Gasteiger partial charge >= 0.3 is 0 Å². The Balaban J connectivity index is 1.14. The summed E-state index contributed by atoms with van der Waals surface area (Å²) in [6.45, 7) is 0. The molecule has 3 aromatic carbocycles. The Morgan fingerprint density at radius 2 is 1.51 bits per heavy atom. The van der Waals surface area contributed by atoms with Gasteiger partial charge in [-0.15, -0.1) is 0 Å². The summed E-state index contributed by atoms with van der Waals surface area (Å²) in [5.41, 5.74) is 10.3. The summed E-state index contributed by atoms with van der Waals surface area (Å²) in [5.74, 6) is 1.12. The molecule has 1 aliphatic heterocycles. The van der Waals surface area contributed by atoms with Crippen molar-refractivity contribution in [2.45, 2.75) is 50.5 Å². The number of hydrogen-bond acceptors (Lipinski definition) is 3. The average Bonchev–Trinajstić information content (AvgIpc) is 3.45. The number of rotatable bonds is 4. The third-order valence-electron chi connectivity index (χ3n) is 10.1. The fourth-order valence-corrected chi connectivity index (χ4v) is 7.91. The third kappa shape index (κ3) is 4.49. The van der Waals surface area contributed by atoms with Crippen LogP contribution in [0.2, 0.25) is 0 Å². The van der Waals surface area contributed by atoms with Crippen LogP contribution in [-0.4, -0.2) is 16.0 Å². The van der Waals surface area contributed by atoms with E-state index in [1.54, 1.807) is 0 Å². The van der Waals surface area contributed by atoms with Crippen LogP contribution in [0.3, 0.4) is 0 Å². The molecule has 0 saturated carbocycles. The second-order valence-corrected chi connectivity index (χ2v) is 12.6. The van der Waals surface area contributed by atoms with Crippen LogP contribution >= 0.6 is 0 Å². The fourth-order valence-electron chi connectivity index (χ4n) is 7.91. The van der Waals surface area contributed by atoms with E-state index < -0.39 is 0 Å². The summed E-state index contributed by atoms with van der Waals surface area (Å²) in [6, 6.07) is 26.7. The number of nitrogens with zero attached hydrogens (tertiary/aromatic N) is 3. The Bertz CT molecular complexity index is 2230. The van der Waals surface area contributed by atoms with Gasteiger partial charge in [0, 0.05) is 28.1 Å². The number of allylic oxidation sites excluding steroid dienone is 6. The van der Waals surface area contributed by atoms with Gasteiger partial charge in [0.05, 0.1) is 17.1 Å². The molecule has 2 unspecified atom stereocenters. The number of hydrogen-bond donors (Lipinski definition) is 0. The van der Waals surface area contributed by atoms with Crippen molar-refractivity contribution >= 4 is 40.7 Å². The first-order valence-electron chi connectivity index (χ1n) is 16.4. The minimum absolute atomic E-state index is 0.269. The van der Waals surface area contributed by atoms with Gasteiger partial charge in [0.15, 0.2) is 5.82 Å². The van der Waals surface area contributed by atoms with Crippen molar-refractivity contribution in [3.05, 3.63) is 147 Å². The summed E-state index contributed by atoms with van der Waals surface area (Å²) in [5, 5.41) is 5.06. The predicted molar refractivity (Wildman–Crippen MR) is 186 cm³/mol. The van der Waals surface area contributed by atoms with Crippen molar-refractivity contribution < 1.29 is 0 Å². The highest BCUT2D eigenvalue weighted by Crippen LogP contribution is 2.48. The molecule has 4 aliphatic carbocycles. The monoisotopic (exact) mass is 581 g/mol. The molecule has 5 aliphatic rings. The number of aromatic nitrogens is 2. The van der Waals surface area contributed by atoms with Crippen LogP contribution in [0.15, 0.2) is 115 Å². The molecule has 0 N–H and O–H groups in total. The van der Waals surface area contributed by atoms with E-state index >= 15 is 0 Å². The van der Waals surface area contributed by atoms with Crippen LogP contribution in [0, 0.1) is 0 Å². The van der Waals surface area contributed by atoms with Crippen LogP contribution in [0.1, 0.15) is 55.7 Å². The molecule has 0 saturated heterocycles. The zero-order valence-electron chi connectivity index (χ0n) is 25.4. The van der Waals surface area contributed by atoms with Crippen LogP contribution in [0.4, 0.5) is 11.4 Å². The van der Waals surface area contributed by atoms with Crippen molar-refractivity contribution in [1.29, 1.82) is 0 Å². The summed E-state index contributed by atoms with van der Waals surface area (Å²) < 4.78 is 0. The maximum Gasteiger partial charge on any atom is 0.160 e. The predicted octanol–water partition coefficient (Wildman–Crippen LogP) is 6.76. The second-order valence-electron chi connectivity index (χ2n) is 12.6. The van der Waals surface area contributed by atoms with Gasteiger partial charge in [-0.05, 0) is 102 Å². The normalized spacial score (nSPS) is 20.9. The zero-order valence-corrected chi connectivity index (χ0v) is 25.4. The first-order valence-corrected chi connectivity index (χ1v) is 16.4. The van der Waals surface area contributed by atoms with Gasteiger partial charge in [-0.3, -0.25) is 0 Å². The highest BCUT2D eigenvalue weighted by molar-refractivity contribution is 5.79. The van der Waals surface area contributed by atoms with Crippen molar-refractivity contribution in [3.8, 4) is 11.4 Å². The van der Waals surface area contributed by atoms with E-state index in [2.05, 4.69) is 132 Å². The topological polar surface area (TPSA) is 29.0 Å². The first-order chi connectivity index (χ1) is 22.3. The Morgan fingerprint density at radius 3 is 2.42 bits per heavy atom. The number of anilines is 2. The number of benzene rings is 3. The van der Waals surface area contributed by atoms with Gasteiger partial charge in [0.25, 0.3) is 0 Å². The van der Waals surface area contributed by atoms with Gasteiger partial charge in [-0.2, -0.15) is 0 Å². The van der Waals surface area contributed by atoms with Crippen molar-refractivity contribution in [2.24, 2.45) is 0 Å². The average molecular weight is 582 g/mol. The standard InChI is InChI=1S/C42H35N3/c1-2-13-32(14-3-1)45-39-20-9-7-16-35(39)37-27-31(25-26-40(37)45)42-43-38-19-8-6-17-36(38)41(44-42)30-23-21-29(22-24-30)34-18-10-12-28-11-4-5-15-33(28)34/h1-5,7,9,11-17,19-21,23,25-27,35,39H,6,8,10,18,22,24H2. The highest BCUT2D eigenvalue weighted by Gasteiger charge is 2.37. The largest absolute Gasteiger partial charge is 0.333 e. The molecule has 45 heavy (non-hydrogen) atoms. The van der Waals surface area contributed by atoms with E-state index in [4.69, 9.17) is 9.97 Å². The van der Waals surface area contributed by atoms with Crippen molar-refractivity contribution in [1.82, 2.24) is 9.97 Å². The van der Waals surface area contributed by atoms with E-state index in [1.807, 2.05) is 0 Å². The van der Waals surface area contributed by atoms with Crippen LogP contribution < -0.4 is 25.9 Å².